The number of carbonyl (C=O) groups is 2. The molecule has 0 saturated carbocycles. The van der Waals surface area contributed by atoms with E-state index in [4.69, 9.17) is 0 Å². The van der Waals surface area contributed by atoms with E-state index < -0.39 is 6.04 Å². The van der Waals surface area contributed by atoms with E-state index >= 15 is 0 Å². The molecule has 0 radical (unpaired) electrons. The zero-order chi connectivity index (χ0) is 18.5. The lowest BCUT2D eigenvalue weighted by Crippen LogP contribution is -2.48. The van der Waals surface area contributed by atoms with Crippen molar-refractivity contribution in [1.29, 1.82) is 0 Å². The number of carbonyl (C=O) groups excluding carboxylic acids is 2. The fourth-order valence-electron chi connectivity index (χ4n) is 3.23. The number of urea groups is 1. The van der Waals surface area contributed by atoms with Gasteiger partial charge in [-0.15, -0.1) is 0 Å². The molecule has 0 aromatic heterocycles. The fourth-order valence-corrected chi connectivity index (χ4v) is 3.23. The molecule has 3 N–H and O–H groups in total. The molecule has 0 spiro atoms. The van der Waals surface area contributed by atoms with Gasteiger partial charge in [-0.25, -0.2) is 4.79 Å². The van der Waals surface area contributed by atoms with Crippen LogP contribution in [-0.2, 0) is 17.6 Å². The van der Waals surface area contributed by atoms with E-state index in [-0.39, 0.29) is 17.9 Å². The first kappa shape index (κ1) is 18.0. The van der Waals surface area contributed by atoms with Crippen LogP contribution in [0.4, 0.5) is 16.2 Å². The number of anilines is 2. The molecular formula is C21H25N3O2. The minimum atomic E-state index is -0.619. The monoisotopic (exact) mass is 351 g/mol. The first-order valence-electron chi connectivity index (χ1n) is 9.08. The highest BCUT2D eigenvalue weighted by Crippen LogP contribution is 2.25. The van der Waals surface area contributed by atoms with Crippen LogP contribution in [-0.4, -0.2) is 18.0 Å². The molecular weight excluding hydrogens is 326 g/mol. The Bertz CT molecular complexity index is 787. The zero-order valence-corrected chi connectivity index (χ0v) is 15.2. The van der Waals surface area contributed by atoms with Crippen LogP contribution in [0.1, 0.15) is 31.4 Å². The molecule has 5 nitrogen and oxygen atoms in total. The summed E-state index contributed by atoms with van der Waals surface area (Å²) in [5.41, 5.74) is 4.14. The lowest BCUT2D eigenvalue weighted by molar-refractivity contribution is -0.118. The van der Waals surface area contributed by atoms with Crippen molar-refractivity contribution in [2.75, 3.05) is 10.6 Å². The summed E-state index contributed by atoms with van der Waals surface area (Å²) in [6.07, 6.45) is 3.34. The van der Waals surface area contributed by atoms with Crippen LogP contribution in [0.5, 0.6) is 0 Å². The quantitative estimate of drug-likeness (QED) is 0.763. The first-order chi connectivity index (χ1) is 12.5. The highest BCUT2D eigenvalue weighted by Gasteiger charge is 2.24. The lowest BCUT2D eigenvalue weighted by Gasteiger charge is -2.22. The van der Waals surface area contributed by atoms with Crippen LogP contribution in [0.3, 0.4) is 0 Å². The van der Waals surface area contributed by atoms with E-state index in [0.717, 1.165) is 18.5 Å². The summed E-state index contributed by atoms with van der Waals surface area (Å²) in [6.45, 7) is 3.82. The highest BCUT2D eigenvalue weighted by molar-refractivity contribution is 5.99. The van der Waals surface area contributed by atoms with Crippen molar-refractivity contribution in [1.82, 2.24) is 5.32 Å². The molecule has 26 heavy (non-hydrogen) atoms. The van der Waals surface area contributed by atoms with Gasteiger partial charge in [0.2, 0.25) is 5.91 Å². The first-order valence-corrected chi connectivity index (χ1v) is 9.08. The second-order valence-corrected chi connectivity index (χ2v) is 7.01. The van der Waals surface area contributed by atoms with E-state index in [1.54, 1.807) is 12.1 Å². The van der Waals surface area contributed by atoms with Gasteiger partial charge in [-0.2, -0.15) is 0 Å². The zero-order valence-electron chi connectivity index (χ0n) is 15.2. The fraction of sp³-hybridized carbons (Fsp3) is 0.333. The molecule has 5 heteroatoms. The summed E-state index contributed by atoms with van der Waals surface area (Å²) in [6, 6.07) is 14.2. The van der Waals surface area contributed by atoms with Crippen LogP contribution in [0.2, 0.25) is 0 Å². The van der Waals surface area contributed by atoms with Crippen molar-refractivity contribution in [2.45, 2.75) is 39.2 Å². The van der Waals surface area contributed by atoms with Crippen LogP contribution >= 0.6 is 0 Å². The molecule has 136 valence electrons. The minimum absolute atomic E-state index is 0.0362. The number of benzene rings is 2. The van der Waals surface area contributed by atoms with Gasteiger partial charge in [0.25, 0.3) is 0 Å². The average molecular weight is 351 g/mol. The smallest absolute Gasteiger partial charge is 0.319 e. The molecule has 1 atom stereocenters. The SMILES string of the molecule is CC(C)C(NC(=O)Nc1ccccc1)C(=O)Nc1ccc2c(c1)CCC2. The molecule has 1 aliphatic rings. The Kier molecular flexibility index (Phi) is 5.56. The summed E-state index contributed by atoms with van der Waals surface area (Å²) in [4.78, 5) is 24.9. The Balaban J connectivity index is 1.63. The Labute approximate surface area is 154 Å². The minimum Gasteiger partial charge on any atom is -0.326 e. The predicted molar refractivity (Wildman–Crippen MR) is 104 cm³/mol. The largest absolute Gasteiger partial charge is 0.326 e. The maximum atomic E-state index is 12.7. The number of amides is 3. The lowest BCUT2D eigenvalue weighted by atomic mass is 10.0. The number of aryl methyl sites for hydroxylation is 2. The van der Waals surface area contributed by atoms with Crippen molar-refractivity contribution in [3.63, 3.8) is 0 Å². The number of fused-ring (bicyclic) bond motifs is 1. The van der Waals surface area contributed by atoms with Gasteiger partial charge < -0.3 is 16.0 Å². The third-order valence-electron chi connectivity index (χ3n) is 4.63. The van der Waals surface area contributed by atoms with Gasteiger partial charge in [0.15, 0.2) is 0 Å². The van der Waals surface area contributed by atoms with Gasteiger partial charge in [0.05, 0.1) is 0 Å². The molecule has 0 saturated heterocycles. The van der Waals surface area contributed by atoms with Crippen LogP contribution in [0.25, 0.3) is 0 Å². The number of rotatable bonds is 5. The Morgan fingerprint density at radius 3 is 2.35 bits per heavy atom. The second kappa shape index (κ2) is 8.04. The van der Waals surface area contributed by atoms with Crippen LogP contribution in [0, 0.1) is 5.92 Å². The molecule has 3 amide bonds. The van der Waals surface area contributed by atoms with Crippen molar-refractivity contribution >= 4 is 23.3 Å². The van der Waals surface area contributed by atoms with Crippen molar-refractivity contribution in [2.24, 2.45) is 5.92 Å². The topological polar surface area (TPSA) is 70.2 Å². The predicted octanol–water partition coefficient (Wildman–Crippen LogP) is 3.96. The molecule has 0 bridgehead atoms. The normalized spacial score (nSPS) is 13.8. The summed E-state index contributed by atoms with van der Waals surface area (Å²) in [5.74, 6) is -0.243. The second-order valence-electron chi connectivity index (χ2n) is 7.01. The number of hydrogen-bond donors (Lipinski definition) is 3. The Morgan fingerprint density at radius 2 is 1.62 bits per heavy atom. The van der Waals surface area contributed by atoms with Gasteiger partial charge in [-0.3, -0.25) is 4.79 Å². The third kappa shape index (κ3) is 4.42. The van der Waals surface area contributed by atoms with E-state index in [1.807, 2.05) is 44.2 Å². The number of hydrogen-bond acceptors (Lipinski definition) is 2. The standard InChI is InChI=1S/C21H25N3O2/c1-14(2)19(24-21(26)23-17-9-4-3-5-10-17)20(25)22-18-12-11-15-7-6-8-16(15)13-18/h3-5,9-14,19H,6-8H2,1-2H3,(H,22,25)(H2,23,24,26). The summed E-state index contributed by atoms with van der Waals surface area (Å²) in [7, 11) is 0. The molecule has 3 rings (SSSR count). The average Bonchev–Trinajstić information content (AvgIpc) is 3.08. The van der Waals surface area contributed by atoms with Crippen molar-refractivity contribution < 1.29 is 9.59 Å². The van der Waals surface area contributed by atoms with Gasteiger partial charge in [0.1, 0.15) is 6.04 Å². The van der Waals surface area contributed by atoms with E-state index in [0.29, 0.717) is 5.69 Å². The molecule has 2 aromatic rings. The third-order valence-corrected chi connectivity index (χ3v) is 4.63. The molecule has 1 unspecified atom stereocenters. The van der Waals surface area contributed by atoms with E-state index in [1.165, 1.54) is 17.5 Å². The maximum absolute atomic E-state index is 12.7. The van der Waals surface area contributed by atoms with Gasteiger partial charge in [-0.05, 0) is 60.6 Å². The van der Waals surface area contributed by atoms with Crippen LogP contribution in [0.15, 0.2) is 48.5 Å². The van der Waals surface area contributed by atoms with Crippen molar-refractivity contribution in [3.8, 4) is 0 Å². The Hall–Kier alpha value is -2.82. The molecule has 0 fully saturated rings. The van der Waals surface area contributed by atoms with E-state index in [2.05, 4.69) is 22.0 Å². The molecule has 0 heterocycles. The molecule has 1 aliphatic carbocycles. The summed E-state index contributed by atoms with van der Waals surface area (Å²) >= 11 is 0. The Morgan fingerprint density at radius 1 is 0.885 bits per heavy atom. The summed E-state index contributed by atoms with van der Waals surface area (Å²) in [5, 5.41) is 8.47. The van der Waals surface area contributed by atoms with Gasteiger partial charge in [-0.1, -0.05) is 38.1 Å². The maximum Gasteiger partial charge on any atom is 0.319 e. The van der Waals surface area contributed by atoms with Crippen LogP contribution < -0.4 is 16.0 Å². The van der Waals surface area contributed by atoms with E-state index in [9.17, 15) is 9.59 Å². The molecule has 2 aromatic carbocycles. The highest BCUT2D eigenvalue weighted by atomic mass is 16.2. The summed E-state index contributed by atoms with van der Waals surface area (Å²) < 4.78 is 0. The van der Waals surface area contributed by atoms with Crippen molar-refractivity contribution in [3.05, 3.63) is 59.7 Å². The van der Waals surface area contributed by atoms with Gasteiger partial charge >= 0.3 is 6.03 Å². The van der Waals surface area contributed by atoms with Gasteiger partial charge in [0, 0.05) is 11.4 Å². The number of para-hydroxylation sites is 1. The number of nitrogens with one attached hydrogen (secondary N) is 3. The molecule has 0 aliphatic heterocycles.